The van der Waals surface area contributed by atoms with Gasteiger partial charge >= 0.3 is 11.9 Å². The van der Waals surface area contributed by atoms with E-state index in [4.69, 9.17) is 9.47 Å². The van der Waals surface area contributed by atoms with Gasteiger partial charge in [-0.05, 0) is 0 Å². The van der Waals surface area contributed by atoms with Crippen molar-refractivity contribution in [2.45, 2.75) is 12.2 Å². The van der Waals surface area contributed by atoms with Gasteiger partial charge in [0.1, 0.15) is 0 Å². The second kappa shape index (κ2) is 4.92. The Hall–Kier alpha value is -1.14. The molecule has 1 heterocycles. The molecule has 0 spiro atoms. The van der Waals surface area contributed by atoms with Crippen LogP contribution in [0.5, 0.6) is 0 Å². The van der Waals surface area contributed by atoms with E-state index in [9.17, 15) is 9.59 Å². The van der Waals surface area contributed by atoms with Gasteiger partial charge < -0.3 is 18.9 Å². The van der Waals surface area contributed by atoms with E-state index in [1.54, 1.807) is 0 Å². The third-order valence-electron chi connectivity index (χ3n) is 1.83. The first-order valence-corrected chi connectivity index (χ1v) is 4.08. The Bertz CT molecular complexity index is 194. The van der Waals surface area contributed by atoms with E-state index in [1.165, 1.54) is 14.2 Å². The average Bonchev–Trinajstić information content (AvgIpc) is 2.27. The molecule has 1 rings (SSSR count). The molecule has 0 amide bonds. The predicted molar refractivity (Wildman–Crippen MR) is 43.5 cm³/mol. The second-order valence-corrected chi connectivity index (χ2v) is 2.69. The van der Waals surface area contributed by atoms with Crippen LogP contribution in [0.25, 0.3) is 0 Å². The number of carbonyl (C=O) groups is 2. The summed E-state index contributed by atoms with van der Waals surface area (Å²) in [5.41, 5.74) is 0. The molecule has 6 heteroatoms. The molecule has 0 radical (unpaired) electrons. The van der Waals surface area contributed by atoms with Gasteiger partial charge in [0.25, 0.3) is 0 Å². The van der Waals surface area contributed by atoms with E-state index in [1.807, 2.05) is 0 Å². The summed E-state index contributed by atoms with van der Waals surface area (Å²) < 4.78 is 19.0. The zero-order chi connectivity index (χ0) is 10.6. The molecule has 0 aliphatic carbocycles. The molecule has 2 atom stereocenters. The fourth-order valence-corrected chi connectivity index (χ4v) is 1.04. The Kier molecular flexibility index (Phi) is 3.84. The van der Waals surface area contributed by atoms with Gasteiger partial charge in [0.2, 0.25) is 0 Å². The van der Waals surface area contributed by atoms with Crippen molar-refractivity contribution in [3.8, 4) is 0 Å². The first-order chi connectivity index (χ1) is 6.69. The molecule has 0 saturated carbocycles. The summed E-state index contributed by atoms with van der Waals surface area (Å²) in [5, 5.41) is 0. The van der Waals surface area contributed by atoms with E-state index in [0.717, 1.165) is 0 Å². The minimum absolute atomic E-state index is 0.00639. The molecule has 0 aromatic carbocycles. The van der Waals surface area contributed by atoms with Crippen LogP contribution in [0.15, 0.2) is 0 Å². The van der Waals surface area contributed by atoms with Gasteiger partial charge in [-0.15, -0.1) is 0 Å². The van der Waals surface area contributed by atoms with Gasteiger partial charge in [-0.2, -0.15) is 0 Å². The smallest absolute Gasteiger partial charge is 0.337 e. The lowest BCUT2D eigenvalue weighted by atomic mass is 10.3. The molecule has 1 fully saturated rings. The van der Waals surface area contributed by atoms with Crippen molar-refractivity contribution in [2.24, 2.45) is 0 Å². The highest BCUT2D eigenvalue weighted by Gasteiger charge is 2.32. The zero-order valence-electron chi connectivity index (χ0n) is 8.02. The minimum atomic E-state index is -0.749. The summed E-state index contributed by atoms with van der Waals surface area (Å²) in [6, 6.07) is 0. The summed E-state index contributed by atoms with van der Waals surface area (Å²) in [5.74, 6) is -1.01. The van der Waals surface area contributed by atoms with Gasteiger partial charge in [-0.1, -0.05) is 0 Å². The number of rotatable bonds is 2. The molecular formula is C8H12O6. The summed E-state index contributed by atoms with van der Waals surface area (Å²) in [4.78, 5) is 21.9. The van der Waals surface area contributed by atoms with Crippen molar-refractivity contribution in [1.82, 2.24) is 0 Å². The topological polar surface area (TPSA) is 71.1 Å². The molecule has 1 aliphatic rings. The number of methoxy groups -OCH3 is 2. The SMILES string of the molecule is COC(=O)C1COC(C(=O)OC)CO1. The van der Waals surface area contributed by atoms with Gasteiger partial charge in [0, 0.05) is 0 Å². The van der Waals surface area contributed by atoms with Crippen LogP contribution in [0.1, 0.15) is 0 Å². The highest BCUT2D eigenvalue weighted by atomic mass is 16.6. The van der Waals surface area contributed by atoms with E-state index >= 15 is 0 Å². The van der Waals surface area contributed by atoms with Crippen molar-refractivity contribution >= 4 is 11.9 Å². The lowest BCUT2D eigenvalue weighted by Crippen LogP contribution is -2.44. The predicted octanol–water partition coefficient (Wildman–Crippen LogP) is -0.884. The summed E-state index contributed by atoms with van der Waals surface area (Å²) in [6.07, 6.45) is -1.50. The standard InChI is InChI=1S/C8H12O6/c1-11-7(9)5-3-14-6(4-13-5)8(10)12-2/h5-6H,3-4H2,1-2H3. The van der Waals surface area contributed by atoms with Gasteiger partial charge in [0.05, 0.1) is 27.4 Å². The summed E-state index contributed by atoms with van der Waals surface area (Å²) >= 11 is 0. The second-order valence-electron chi connectivity index (χ2n) is 2.69. The lowest BCUT2D eigenvalue weighted by molar-refractivity contribution is -0.190. The van der Waals surface area contributed by atoms with E-state index in [0.29, 0.717) is 0 Å². The van der Waals surface area contributed by atoms with Crippen molar-refractivity contribution in [3.63, 3.8) is 0 Å². The zero-order valence-corrected chi connectivity index (χ0v) is 8.02. The number of esters is 2. The third kappa shape index (κ3) is 2.43. The van der Waals surface area contributed by atoms with Crippen LogP contribution in [-0.2, 0) is 28.5 Å². The van der Waals surface area contributed by atoms with Crippen LogP contribution in [0, 0.1) is 0 Å². The van der Waals surface area contributed by atoms with Crippen molar-refractivity contribution < 1.29 is 28.5 Å². The molecule has 6 nitrogen and oxygen atoms in total. The van der Waals surface area contributed by atoms with Crippen molar-refractivity contribution in [1.29, 1.82) is 0 Å². The number of hydrogen-bond acceptors (Lipinski definition) is 6. The molecule has 14 heavy (non-hydrogen) atoms. The first-order valence-electron chi connectivity index (χ1n) is 4.08. The summed E-state index contributed by atoms with van der Waals surface area (Å²) in [6.45, 7) is 0.0128. The van der Waals surface area contributed by atoms with Gasteiger partial charge in [-0.3, -0.25) is 0 Å². The van der Waals surface area contributed by atoms with Crippen LogP contribution in [-0.4, -0.2) is 51.6 Å². The highest BCUT2D eigenvalue weighted by molar-refractivity contribution is 5.77. The first kappa shape index (κ1) is 10.9. The van der Waals surface area contributed by atoms with Gasteiger partial charge in [0.15, 0.2) is 12.2 Å². The van der Waals surface area contributed by atoms with Crippen LogP contribution in [0.4, 0.5) is 0 Å². The molecule has 0 aromatic rings. The van der Waals surface area contributed by atoms with Crippen molar-refractivity contribution in [2.75, 3.05) is 27.4 Å². The Labute approximate surface area is 81.1 Å². The molecular weight excluding hydrogens is 192 g/mol. The quantitative estimate of drug-likeness (QED) is 0.544. The molecule has 1 saturated heterocycles. The Morgan fingerprint density at radius 1 is 1.00 bits per heavy atom. The molecule has 0 bridgehead atoms. The third-order valence-corrected chi connectivity index (χ3v) is 1.83. The highest BCUT2D eigenvalue weighted by Crippen LogP contribution is 2.09. The molecule has 2 unspecified atom stereocenters. The van der Waals surface area contributed by atoms with E-state index in [2.05, 4.69) is 9.47 Å². The fourth-order valence-electron chi connectivity index (χ4n) is 1.04. The number of hydrogen-bond donors (Lipinski definition) is 0. The maximum atomic E-state index is 11.0. The maximum absolute atomic E-state index is 11.0. The average molecular weight is 204 g/mol. The monoisotopic (exact) mass is 204 g/mol. The van der Waals surface area contributed by atoms with E-state index in [-0.39, 0.29) is 13.2 Å². The fraction of sp³-hybridized carbons (Fsp3) is 0.750. The molecule has 0 N–H and O–H groups in total. The molecule has 1 aliphatic heterocycles. The Morgan fingerprint density at radius 2 is 1.36 bits per heavy atom. The Balaban J connectivity index is 2.38. The lowest BCUT2D eigenvalue weighted by Gasteiger charge is -2.26. The van der Waals surface area contributed by atoms with Crippen LogP contribution in [0.3, 0.4) is 0 Å². The molecule has 0 aromatic heterocycles. The summed E-state index contributed by atoms with van der Waals surface area (Å²) in [7, 11) is 2.52. The minimum Gasteiger partial charge on any atom is -0.467 e. The van der Waals surface area contributed by atoms with Crippen LogP contribution < -0.4 is 0 Å². The number of carbonyl (C=O) groups excluding carboxylic acids is 2. The molecule has 80 valence electrons. The van der Waals surface area contributed by atoms with Gasteiger partial charge in [-0.25, -0.2) is 9.59 Å². The largest absolute Gasteiger partial charge is 0.467 e. The van der Waals surface area contributed by atoms with Crippen molar-refractivity contribution in [3.05, 3.63) is 0 Å². The van der Waals surface area contributed by atoms with E-state index < -0.39 is 24.1 Å². The van der Waals surface area contributed by atoms with Crippen LogP contribution >= 0.6 is 0 Å². The normalized spacial score (nSPS) is 26.7. The van der Waals surface area contributed by atoms with Crippen LogP contribution in [0.2, 0.25) is 0 Å². The Morgan fingerprint density at radius 3 is 1.57 bits per heavy atom. The number of ether oxygens (including phenoxy) is 4. The maximum Gasteiger partial charge on any atom is 0.337 e.